The van der Waals surface area contributed by atoms with Crippen LogP contribution >= 0.6 is 15.9 Å². The van der Waals surface area contributed by atoms with Crippen molar-refractivity contribution >= 4 is 15.9 Å². The van der Waals surface area contributed by atoms with Crippen molar-refractivity contribution in [2.45, 2.75) is 25.8 Å². The van der Waals surface area contributed by atoms with E-state index in [9.17, 15) is 0 Å². The lowest BCUT2D eigenvalue weighted by Gasteiger charge is -1.97. The molecule has 0 radical (unpaired) electrons. The summed E-state index contributed by atoms with van der Waals surface area (Å²) in [5.41, 5.74) is 0. The van der Waals surface area contributed by atoms with E-state index in [0.717, 1.165) is 11.9 Å². The molecule has 0 N–H and O–H groups in total. The van der Waals surface area contributed by atoms with Crippen molar-refractivity contribution in [1.29, 1.82) is 0 Å². The van der Waals surface area contributed by atoms with Gasteiger partial charge in [-0.15, -0.1) is 0 Å². The van der Waals surface area contributed by atoms with Crippen LogP contribution < -0.4 is 0 Å². The highest BCUT2D eigenvalue weighted by molar-refractivity contribution is 9.09. The van der Waals surface area contributed by atoms with Gasteiger partial charge in [-0.3, -0.25) is 4.68 Å². The molecule has 0 aliphatic carbocycles. The second-order valence-electron chi connectivity index (χ2n) is 2.41. The number of unbranched alkanes of at least 4 members (excludes halogenated alkanes) is 2. The summed E-state index contributed by atoms with van der Waals surface area (Å²) in [6.07, 6.45) is 7.02. The highest BCUT2D eigenvalue weighted by Crippen LogP contribution is 1.99. The average Bonchev–Trinajstić information content (AvgIpc) is 2.50. The van der Waals surface area contributed by atoms with Crippen molar-refractivity contribution < 1.29 is 0 Å². The molecule has 0 saturated heterocycles. The first kappa shape index (κ1) is 8.71. The summed E-state index contributed by atoms with van der Waals surface area (Å²) in [7, 11) is 0. The summed E-state index contributed by atoms with van der Waals surface area (Å²) in [4.78, 5) is 3.86. The zero-order valence-corrected chi connectivity index (χ0v) is 8.00. The van der Waals surface area contributed by atoms with Crippen molar-refractivity contribution in [3.63, 3.8) is 0 Å². The van der Waals surface area contributed by atoms with Gasteiger partial charge in [0.25, 0.3) is 0 Å². The van der Waals surface area contributed by atoms with Gasteiger partial charge in [-0.2, -0.15) is 5.10 Å². The molecule has 0 saturated carbocycles. The van der Waals surface area contributed by atoms with Crippen LogP contribution in [-0.2, 0) is 6.54 Å². The molecule has 0 fully saturated rings. The van der Waals surface area contributed by atoms with E-state index in [0.29, 0.717) is 0 Å². The molecule has 0 spiro atoms. The van der Waals surface area contributed by atoms with Crippen molar-refractivity contribution in [3.05, 3.63) is 12.7 Å². The van der Waals surface area contributed by atoms with E-state index in [1.54, 1.807) is 12.7 Å². The lowest BCUT2D eigenvalue weighted by atomic mass is 10.2. The van der Waals surface area contributed by atoms with E-state index in [2.05, 4.69) is 26.0 Å². The molecular weight excluding hydrogens is 206 g/mol. The minimum atomic E-state index is 0.993. The van der Waals surface area contributed by atoms with Crippen LogP contribution in [0.3, 0.4) is 0 Å². The van der Waals surface area contributed by atoms with Crippen LogP contribution in [0.15, 0.2) is 12.7 Å². The highest BCUT2D eigenvalue weighted by atomic mass is 79.9. The third kappa shape index (κ3) is 3.51. The maximum Gasteiger partial charge on any atom is 0.137 e. The van der Waals surface area contributed by atoms with Gasteiger partial charge >= 0.3 is 0 Å². The molecule has 0 unspecified atom stereocenters. The molecule has 62 valence electrons. The van der Waals surface area contributed by atoms with E-state index in [-0.39, 0.29) is 0 Å². The molecule has 0 aliphatic heterocycles. The number of hydrogen-bond acceptors (Lipinski definition) is 2. The van der Waals surface area contributed by atoms with Crippen LogP contribution in [0.5, 0.6) is 0 Å². The SMILES string of the molecule is BrCCCCCn1cncn1. The first-order chi connectivity index (χ1) is 5.43. The topological polar surface area (TPSA) is 30.7 Å². The van der Waals surface area contributed by atoms with Crippen LogP contribution in [0.4, 0.5) is 0 Å². The van der Waals surface area contributed by atoms with Crippen molar-refractivity contribution in [2.75, 3.05) is 5.33 Å². The van der Waals surface area contributed by atoms with Crippen LogP contribution in [0, 0.1) is 0 Å². The van der Waals surface area contributed by atoms with Crippen molar-refractivity contribution in [1.82, 2.24) is 14.8 Å². The Labute approximate surface area is 75.0 Å². The molecule has 4 heteroatoms. The standard InChI is InChI=1S/C7H12BrN3/c8-4-2-1-3-5-11-7-9-6-10-11/h6-7H,1-5H2. The van der Waals surface area contributed by atoms with Crippen LogP contribution in [0.1, 0.15) is 19.3 Å². The maximum absolute atomic E-state index is 4.01. The Balaban J connectivity index is 2.04. The summed E-state index contributed by atoms with van der Waals surface area (Å²) in [6, 6.07) is 0. The third-order valence-corrected chi connectivity index (χ3v) is 2.05. The number of hydrogen-bond donors (Lipinski definition) is 0. The van der Waals surface area contributed by atoms with E-state index in [1.165, 1.54) is 19.3 Å². The fourth-order valence-electron chi connectivity index (χ4n) is 0.893. The lowest BCUT2D eigenvalue weighted by molar-refractivity contribution is 0.554. The molecule has 11 heavy (non-hydrogen) atoms. The fraction of sp³-hybridized carbons (Fsp3) is 0.714. The minimum absolute atomic E-state index is 0.993. The number of aryl methyl sites for hydroxylation is 1. The molecular formula is C7H12BrN3. The molecule has 1 aromatic rings. The molecule has 0 bridgehead atoms. The molecule has 0 aliphatic rings. The van der Waals surface area contributed by atoms with Crippen LogP contribution in [-0.4, -0.2) is 20.1 Å². The van der Waals surface area contributed by atoms with Gasteiger partial charge < -0.3 is 0 Å². The molecule has 0 atom stereocenters. The quantitative estimate of drug-likeness (QED) is 0.557. The smallest absolute Gasteiger partial charge is 0.137 e. The predicted molar refractivity (Wildman–Crippen MR) is 47.7 cm³/mol. The first-order valence-corrected chi connectivity index (χ1v) is 4.94. The number of rotatable bonds is 5. The summed E-state index contributed by atoms with van der Waals surface area (Å²) < 4.78 is 1.87. The summed E-state index contributed by atoms with van der Waals surface area (Å²) in [5, 5.41) is 5.11. The van der Waals surface area contributed by atoms with Gasteiger partial charge in [-0.05, 0) is 12.8 Å². The molecule has 1 heterocycles. The van der Waals surface area contributed by atoms with Crippen molar-refractivity contribution in [2.24, 2.45) is 0 Å². The maximum atomic E-state index is 4.01. The van der Waals surface area contributed by atoms with Crippen LogP contribution in [0.25, 0.3) is 0 Å². The van der Waals surface area contributed by atoms with Crippen molar-refractivity contribution in [3.8, 4) is 0 Å². The van der Waals surface area contributed by atoms with E-state index < -0.39 is 0 Å². The Morgan fingerprint density at radius 1 is 1.27 bits per heavy atom. The monoisotopic (exact) mass is 217 g/mol. The predicted octanol–water partition coefficient (Wildman–Crippen LogP) is 1.84. The number of alkyl halides is 1. The van der Waals surface area contributed by atoms with Gasteiger partial charge in [-0.25, -0.2) is 4.98 Å². The zero-order chi connectivity index (χ0) is 7.94. The first-order valence-electron chi connectivity index (χ1n) is 3.82. The normalized spacial score (nSPS) is 10.3. The van der Waals surface area contributed by atoms with Gasteiger partial charge in [0.1, 0.15) is 12.7 Å². The third-order valence-electron chi connectivity index (χ3n) is 1.49. The van der Waals surface area contributed by atoms with Gasteiger partial charge in [0.2, 0.25) is 0 Å². The largest absolute Gasteiger partial charge is 0.253 e. The average molecular weight is 218 g/mol. The Kier molecular flexibility index (Phi) is 4.19. The van der Waals surface area contributed by atoms with Gasteiger partial charge in [-0.1, -0.05) is 22.4 Å². The Hall–Kier alpha value is -0.380. The van der Waals surface area contributed by atoms with E-state index >= 15 is 0 Å². The summed E-state index contributed by atoms with van der Waals surface area (Å²) in [5.74, 6) is 0. The Morgan fingerprint density at radius 2 is 2.18 bits per heavy atom. The minimum Gasteiger partial charge on any atom is -0.253 e. The highest BCUT2D eigenvalue weighted by Gasteiger charge is 1.90. The zero-order valence-electron chi connectivity index (χ0n) is 6.41. The van der Waals surface area contributed by atoms with Gasteiger partial charge in [0.15, 0.2) is 0 Å². The molecule has 0 aromatic carbocycles. The molecule has 1 aromatic heterocycles. The van der Waals surface area contributed by atoms with Gasteiger partial charge in [0.05, 0.1) is 0 Å². The summed E-state index contributed by atoms with van der Waals surface area (Å²) in [6.45, 7) is 0.993. The number of halogens is 1. The molecule has 3 nitrogen and oxygen atoms in total. The second kappa shape index (κ2) is 5.29. The number of aromatic nitrogens is 3. The fourth-order valence-corrected chi connectivity index (χ4v) is 1.29. The van der Waals surface area contributed by atoms with Gasteiger partial charge in [0, 0.05) is 11.9 Å². The summed E-state index contributed by atoms with van der Waals surface area (Å²) >= 11 is 3.39. The van der Waals surface area contributed by atoms with E-state index in [1.807, 2.05) is 4.68 Å². The van der Waals surface area contributed by atoms with Crippen LogP contribution in [0.2, 0.25) is 0 Å². The van der Waals surface area contributed by atoms with E-state index in [4.69, 9.17) is 0 Å². The Bertz CT molecular complexity index is 174. The number of nitrogens with zero attached hydrogens (tertiary/aromatic N) is 3. The molecule has 0 amide bonds. The molecule has 1 rings (SSSR count). The second-order valence-corrected chi connectivity index (χ2v) is 3.20. The lowest BCUT2D eigenvalue weighted by Crippen LogP contribution is -1.97. The Morgan fingerprint density at radius 3 is 2.82 bits per heavy atom.